The molecular weight excluding hydrogens is 474 g/mol. The number of carbonyl (C=O) groups is 3. The third kappa shape index (κ3) is 4.85. The lowest BCUT2D eigenvalue weighted by atomic mass is 9.78. The van der Waals surface area contributed by atoms with E-state index in [0.29, 0.717) is 38.9 Å². The molecule has 3 saturated heterocycles. The Morgan fingerprint density at radius 1 is 0.553 bits per heavy atom. The Morgan fingerprint density at radius 2 is 0.947 bits per heavy atom. The van der Waals surface area contributed by atoms with Crippen molar-refractivity contribution >= 4 is 34.8 Å². The smallest absolute Gasteiger partial charge is 0.227 e. The topological polar surface area (TPSA) is 60.9 Å². The molecule has 38 heavy (non-hydrogen) atoms. The van der Waals surface area contributed by atoms with E-state index in [2.05, 4.69) is 59.7 Å². The van der Waals surface area contributed by atoms with Crippen molar-refractivity contribution in [3.8, 4) is 11.1 Å². The fourth-order valence-corrected chi connectivity index (χ4v) is 5.84. The lowest BCUT2D eigenvalue weighted by molar-refractivity contribution is -0.117. The Balaban J connectivity index is 1.84. The SMILES string of the molecule is CC(C)(C)c1cc(-c2c(N3CCCC3=O)cc(N3CCCC3=O)cc2N2CCCC2=O)cc(C(C)(C)C)c1. The van der Waals surface area contributed by atoms with Gasteiger partial charge in [-0.05, 0) is 58.9 Å². The van der Waals surface area contributed by atoms with Gasteiger partial charge in [0, 0.05) is 50.1 Å². The summed E-state index contributed by atoms with van der Waals surface area (Å²) in [7, 11) is 0. The number of nitrogens with zero attached hydrogens (tertiary/aromatic N) is 3. The summed E-state index contributed by atoms with van der Waals surface area (Å²) in [4.78, 5) is 44.7. The first-order valence-electron chi connectivity index (χ1n) is 14.1. The van der Waals surface area contributed by atoms with Gasteiger partial charge in [0.2, 0.25) is 17.7 Å². The van der Waals surface area contributed by atoms with E-state index in [1.165, 1.54) is 11.1 Å². The van der Waals surface area contributed by atoms with Crippen LogP contribution in [0.25, 0.3) is 11.1 Å². The van der Waals surface area contributed by atoms with E-state index in [-0.39, 0.29) is 28.6 Å². The number of benzene rings is 2. The van der Waals surface area contributed by atoms with Gasteiger partial charge in [0.15, 0.2) is 0 Å². The maximum Gasteiger partial charge on any atom is 0.227 e. The van der Waals surface area contributed by atoms with Crippen molar-refractivity contribution in [1.82, 2.24) is 0 Å². The third-order valence-corrected chi connectivity index (χ3v) is 8.15. The van der Waals surface area contributed by atoms with Crippen molar-refractivity contribution in [2.45, 2.75) is 90.9 Å². The molecule has 3 fully saturated rings. The molecule has 202 valence electrons. The highest BCUT2D eigenvalue weighted by molar-refractivity contribution is 6.09. The van der Waals surface area contributed by atoms with Gasteiger partial charge in [-0.2, -0.15) is 0 Å². The van der Waals surface area contributed by atoms with Crippen molar-refractivity contribution in [3.63, 3.8) is 0 Å². The predicted octanol–water partition coefficient (Wildman–Crippen LogP) is 6.33. The van der Waals surface area contributed by atoms with Gasteiger partial charge in [-0.3, -0.25) is 14.4 Å². The number of hydrogen-bond donors (Lipinski definition) is 0. The van der Waals surface area contributed by atoms with Gasteiger partial charge in [0.05, 0.1) is 11.4 Å². The Morgan fingerprint density at radius 3 is 1.29 bits per heavy atom. The minimum absolute atomic E-state index is 0.0782. The molecule has 0 bridgehead atoms. The van der Waals surface area contributed by atoms with E-state index in [4.69, 9.17) is 0 Å². The van der Waals surface area contributed by atoms with Crippen molar-refractivity contribution < 1.29 is 14.4 Å². The first kappa shape index (κ1) is 26.5. The van der Waals surface area contributed by atoms with Gasteiger partial charge in [-0.25, -0.2) is 0 Å². The van der Waals surface area contributed by atoms with Crippen LogP contribution in [0.3, 0.4) is 0 Å². The van der Waals surface area contributed by atoms with Crippen molar-refractivity contribution in [1.29, 1.82) is 0 Å². The van der Waals surface area contributed by atoms with E-state index in [9.17, 15) is 14.4 Å². The average molecular weight is 516 g/mol. The summed E-state index contributed by atoms with van der Waals surface area (Å²) in [6.07, 6.45) is 3.98. The van der Waals surface area contributed by atoms with Gasteiger partial charge in [0.1, 0.15) is 0 Å². The van der Waals surface area contributed by atoms with Crippen LogP contribution in [0, 0.1) is 0 Å². The van der Waals surface area contributed by atoms with E-state index < -0.39 is 0 Å². The second-order valence-electron chi connectivity index (χ2n) is 13.1. The lowest BCUT2D eigenvalue weighted by Gasteiger charge is -2.31. The zero-order valence-electron chi connectivity index (χ0n) is 23.8. The van der Waals surface area contributed by atoms with Gasteiger partial charge in [-0.15, -0.1) is 0 Å². The van der Waals surface area contributed by atoms with Crippen molar-refractivity contribution in [3.05, 3.63) is 41.5 Å². The van der Waals surface area contributed by atoms with Crippen LogP contribution < -0.4 is 14.7 Å². The first-order chi connectivity index (χ1) is 17.8. The molecule has 0 aliphatic carbocycles. The number of anilines is 3. The number of amides is 3. The molecule has 5 rings (SSSR count). The minimum Gasteiger partial charge on any atom is -0.312 e. The number of hydrogen-bond acceptors (Lipinski definition) is 3. The van der Waals surface area contributed by atoms with Gasteiger partial charge in [0.25, 0.3) is 0 Å². The second kappa shape index (κ2) is 9.55. The summed E-state index contributed by atoms with van der Waals surface area (Å²) in [5, 5.41) is 0. The molecule has 0 aromatic heterocycles. The molecule has 0 unspecified atom stereocenters. The van der Waals surface area contributed by atoms with E-state index in [1.54, 1.807) is 0 Å². The lowest BCUT2D eigenvalue weighted by Crippen LogP contribution is -2.30. The van der Waals surface area contributed by atoms with Crippen LogP contribution in [0.1, 0.15) is 91.2 Å². The standard InChI is InChI=1S/C32H41N3O3/c1-31(2,3)22-16-21(17-23(18-22)32(4,5)6)30-25(34-14-8-11-28(34)37)19-24(33-13-7-10-27(33)36)20-26(30)35-15-9-12-29(35)38/h16-20H,7-15H2,1-6H3. The molecule has 6 nitrogen and oxygen atoms in total. The highest BCUT2D eigenvalue weighted by atomic mass is 16.2. The molecule has 0 N–H and O–H groups in total. The Labute approximate surface area is 227 Å². The number of carbonyl (C=O) groups excluding carboxylic acids is 3. The maximum absolute atomic E-state index is 13.2. The molecule has 0 spiro atoms. The minimum atomic E-state index is -0.0782. The average Bonchev–Trinajstić information content (AvgIpc) is 3.58. The molecule has 2 aromatic carbocycles. The Kier molecular flexibility index (Phi) is 6.65. The molecule has 0 radical (unpaired) electrons. The van der Waals surface area contributed by atoms with Crippen LogP contribution in [0.5, 0.6) is 0 Å². The molecule has 3 aliphatic heterocycles. The van der Waals surface area contributed by atoms with Crippen LogP contribution in [-0.4, -0.2) is 37.4 Å². The molecule has 2 aromatic rings. The molecule has 3 amide bonds. The molecule has 0 saturated carbocycles. The van der Waals surface area contributed by atoms with E-state index >= 15 is 0 Å². The fourth-order valence-electron chi connectivity index (χ4n) is 5.84. The first-order valence-corrected chi connectivity index (χ1v) is 14.1. The van der Waals surface area contributed by atoms with Crippen LogP contribution in [-0.2, 0) is 25.2 Å². The summed E-state index contributed by atoms with van der Waals surface area (Å²) >= 11 is 0. The summed E-state index contributed by atoms with van der Waals surface area (Å²) in [6.45, 7) is 15.3. The van der Waals surface area contributed by atoms with E-state index in [0.717, 1.165) is 47.5 Å². The predicted molar refractivity (Wildman–Crippen MR) is 154 cm³/mol. The van der Waals surface area contributed by atoms with Crippen LogP contribution >= 0.6 is 0 Å². The Bertz CT molecular complexity index is 1220. The van der Waals surface area contributed by atoms with E-state index in [1.807, 2.05) is 26.8 Å². The molecular formula is C32H41N3O3. The van der Waals surface area contributed by atoms with Crippen molar-refractivity contribution in [2.75, 3.05) is 34.3 Å². The second-order valence-corrected chi connectivity index (χ2v) is 13.1. The quantitative estimate of drug-likeness (QED) is 0.478. The Hall–Kier alpha value is -3.15. The van der Waals surface area contributed by atoms with Gasteiger partial charge >= 0.3 is 0 Å². The molecule has 6 heteroatoms. The summed E-state index contributed by atoms with van der Waals surface area (Å²) < 4.78 is 0. The zero-order chi connectivity index (χ0) is 27.4. The highest BCUT2D eigenvalue weighted by Gasteiger charge is 2.34. The monoisotopic (exact) mass is 515 g/mol. The molecule has 3 aliphatic rings. The van der Waals surface area contributed by atoms with Crippen LogP contribution in [0.4, 0.5) is 17.1 Å². The highest BCUT2D eigenvalue weighted by Crippen LogP contribution is 2.47. The normalized spacial score (nSPS) is 18.9. The fraction of sp³-hybridized carbons (Fsp3) is 0.531. The molecule has 3 heterocycles. The largest absolute Gasteiger partial charge is 0.312 e. The summed E-state index contributed by atoms with van der Waals surface area (Å²) in [5.74, 6) is 0.288. The van der Waals surface area contributed by atoms with Crippen molar-refractivity contribution in [2.24, 2.45) is 0 Å². The summed E-state index contributed by atoms with van der Waals surface area (Å²) in [6, 6.07) is 10.8. The maximum atomic E-state index is 13.2. The third-order valence-electron chi connectivity index (χ3n) is 8.15. The number of rotatable bonds is 4. The van der Waals surface area contributed by atoms with Crippen LogP contribution in [0.15, 0.2) is 30.3 Å². The zero-order valence-corrected chi connectivity index (χ0v) is 23.8. The van der Waals surface area contributed by atoms with Gasteiger partial charge in [-0.1, -0.05) is 59.7 Å². The van der Waals surface area contributed by atoms with Gasteiger partial charge < -0.3 is 14.7 Å². The van der Waals surface area contributed by atoms with Crippen LogP contribution in [0.2, 0.25) is 0 Å². The summed E-state index contributed by atoms with van der Waals surface area (Å²) in [5.41, 5.74) is 6.62. The molecule has 0 atom stereocenters.